The van der Waals surface area contributed by atoms with Crippen LogP contribution < -0.4 is 5.32 Å². The second kappa shape index (κ2) is 6.63. The van der Waals surface area contributed by atoms with E-state index in [0.717, 1.165) is 12.1 Å². The standard InChI is InChI=1S/C15H9F4N3O2S/c16-10-6-8(15(17,18)19)3-4-9(10)14-21-12(22-24-14)7-20-13(23)11-2-1-5-25-11/h1-6H,7H2,(H,20,23). The maximum atomic E-state index is 13.9. The Bertz CT molecular complexity index is 891. The predicted octanol–water partition coefficient (Wildman–Crippen LogP) is 3.89. The number of rotatable bonds is 4. The van der Waals surface area contributed by atoms with Crippen LogP contribution in [0.15, 0.2) is 40.2 Å². The largest absolute Gasteiger partial charge is 0.416 e. The van der Waals surface area contributed by atoms with Crippen LogP contribution in [0, 0.1) is 5.82 Å². The number of carbonyl (C=O) groups is 1. The number of nitrogens with one attached hydrogen (secondary N) is 1. The van der Waals surface area contributed by atoms with Crippen molar-refractivity contribution in [2.24, 2.45) is 0 Å². The quantitative estimate of drug-likeness (QED) is 0.707. The molecule has 1 amide bonds. The van der Waals surface area contributed by atoms with E-state index in [9.17, 15) is 22.4 Å². The van der Waals surface area contributed by atoms with E-state index in [4.69, 9.17) is 4.52 Å². The minimum absolute atomic E-state index is 0.0670. The topological polar surface area (TPSA) is 68.0 Å². The number of aromatic nitrogens is 2. The summed E-state index contributed by atoms with van der Waals surface area (Å²) < 4.78 is 56.4. The van der Waals surface area contributed by atoms with Gasteiger partial charge >= 0.3 is 6.18 Å². The van der Waals surface area contributed by atoms with Crippen LogP contribution in [-0.4, -0.2) is 16.0 Å². The maximum absolute atomic E-state index is 13.9. The first-order valence-corrected chi connectivity index (χ1v) is 7.74. The summed E-state index contributed by atoms with van der Waals surface area (Å²) in [5.74, 6) is -1.67. The van der Waals surface area contributed by atoms with E-state index >= 15 is 0 Å². The Hall–Kier alpha value is -2.75. The first kappa shape index (κ1) is 17.1. The zero-order valence-electron chi connectivity index (χ0n) is 12.3. The van der Waals surface area contributed by atoms with Crippen molar-refractivity contribution in [2.45, 2.75) is 12.7 Å². The molecule has 0 spiro atoms. The van der Waals surface area contributed by atoms with Crippen molar-refractivity contribution < 1.29 is 26.9 Å². The van der Waals surface area contributed by atoms with Gasteiger partial charge in [-0.2, -0.15) is 18.2 Å². The molecule has 2 heterocycles. The SMILES string of the molecule is O=C(NCc1noc(-c2ccc(C(F)(F)F)cc2F)n1)c1cccs1. The van der Waals surface area contributed by atoms with Crippen LogP contribution in [-0.2, 0) is 12.7 Å². The fourth-order valence-electron chi connectivity index (χ4n) is 1.95. The molecule has 0 radical (unpaired) electrons. The fourth-order valence-corrected chi connectivity index (χ4v) is 2.59. The van der Waals surface area contributed by atoms with Gasteiger partial charge in [-0.1, -0.05) is 11.2 Å². The van der Waals surface area contributed by atoms with E-state index in [1.165, 1.54) is 11.3 Å². The molecular formula is C15H9F4N3O2S. The number of halogens is 4. The molecule has 3 aromatic rings. The second-order valence-electron chi connectivity index (χ2n) is 4.87. The van der Waals surface area contributed by atoms with Gasteiger partial charge in [0.1, 0.15) is 5.82 Å². The van der Waals surface area contributed by atoms with Crippen LogP contribution in [0.2, 0.25) is 0 Å². The number of alkyl halides is 3. The Kier molecular flexibility index (Phi) is 4.53. The summed E-state index contributed by atoms with van der Waals surface area (Å²) >= 11 is 1.26. The van der Waals surface area contributed by atoms with E-state index in [1.54, 1.807) is 17.5 Å². The summed E-state index contributed by atoms with van der Waals surface area (Å²) in [4.78, 5) is 16.2. The van der Waals surface area contributed by atoms with Crippen LogP contribution in [0.1, 0.15) is 21.1 Å². The normalized spacial score (nSPS) is 11.5. The average Bonchev–Trinajstić information content (AvgIpc) is 3.23. The van der Waals surface area contributed by atoms with Gasteiger partial charge in [-0.15, -0.1) is 11.3 Å². The lowest BCUT2D eigenvalue weighted by Crippen LogP contribution is -2.22. The number of hydrogen-bond acceptors (Lipinski definition) is 5. The zero-order valence-corrected chi connectivity index (χ0v) is 13.1. The van der Waals surface area contributed by atoms with Crippen molar-refractivity contribution >= 4 is 17.2 Å². The summed E-state index contributed by atoms with van der Waals surface area (Å²) in [5.41, 5.74) is -1.37. The van der Waals surface area contributed by atoms with Gasteiger partial charge in [-0.05, 0) is 29.6 Å². The first-order chi connectivity index (χ1) is 11.8. The van der Waals surface area contributed by atoms with Crippen molar-refractivity contribution in [1.29, 1.82) is 0 Å². The molecule has 0 saturated heterocycles. The van der Waals surface area contributed by atoms with Gasteiger partial charge in [0.25, 0.3) is 11.8 Å². The molecule has 3 rings (SSSR count). The average molecular weight is 371 g/mol. The molecule has 0 aliphatic heterocycles. The Morgan fingerprint density at radius 2 is 2.08 bits per heavy atom. The third kappa shape index (κ3) is 3.85. The Morgan fingerprint density at radius 3 is 2.72 bits per heavy atom. The van der Waals surface area contributed by atoms with E-state index < -0.39 is 17.6 Å². The molecule has 2 aromatic heterocycles. The molecule has 0 aliphatic carbocycles. The monoisotopic (exact) mass is 371 g/mol. The van der Waals surface area contributed by atoms with E-state index in [2.05, 4.69) is 15.5 Å². The van der Waals surface area contributed by atoms with Gasteiger partial charge in [0.15, 0.2) is 5.82 Å². The molecule has 10 heteroatoms. The molecule has 130 valence electrons. The van der Waals surface area contributed by atoms with Crippen LogP contribution in [0.25, 0.3) is 11.5 Å². The van der Waals surface area contributed by atoms with Crippen molar-refractivity contribution in [3.05, 3.63) is 57.8 Å². The van der Waals surface area contributed by atoms with E-state index in [-0.39, 0.29) is 29.7 Å². The number of hydrogen-bond donors (Lipinski definition) is 1. The number of thiophene rings is 1. The second-order valence-corrected chi connectivity index (χ2v) is 5.82. The molecule has 25 heavy (non-hydrogen) atoms. The van der Waals surface area contributed by atoms with Gasteiger partial charge in [0.05, 0.1) is 22.5 Å². The van der Waals surface area contributed by atoms with Gasteiger partial charge in [-0.25, -0.2) is 4.39 Å². The lowest BCUT2D eigenvalue weighted by atomic mass is 10.1. The molecule has 0 unspecified atom stereocenters. The van der Waals surface area contributed by atoms with Crippen LogP contribution >= 0.6 is 11.3 Å². The number of carbonyl (C=O) groups excluding carboxylic acids is 1. The Balaban J connectivity index is 1.72. The van der Waals surface area contributed by atoms with Gasteiger partial charge in [0, 0.05) is 0 Å². The van der Waals surface area contributed by atoms with Crippen molar-refractivity contribution in [3.8, 4) is 11.5 Å². The third-order valence-corrected chi connectivity index (χ3v) is 4.02. The highest BCUT2D eigenvalue weighted by atomic mass is 32.1. The summed E-state index contributed by atoms with van der Waals surface area (Å²) in [7, 11) is 0. The van der Waals surface area contributed by atoms with Gasteiger partial charge < -0.3 is 9.84 Å². The molecule has 0 saturated carbocycles. The predicted molar refractivity (Wildman–Crippen MR) is 80.2 cm³/mol. The first-order valence-electron chi connectivity index (χ1n) is 6.86. The Labute approximate surface area is 142 Å². The zero-order chi connectivity index (χ0) is 18.0. The smallest absolute Gasteiger partial charge is 0.344 e. The molecule has 1 aromatic carbocycles. The highest BCUT2D eigenvalue weighted by Crippen LogP contribution is 2.32. The molecular weight excluding hydrogens is 362 g/mol. The van der Waals surface area contributed by atoms with Crippen molar-refractivity contribution in [2.75, 3.05) is 0 Å². The number of benzene rings is 1. The van der Waals surface area contributed by atoms with Crippen LogP contribution in [0.3, 0.4) is 0 Å². The highest BCUT2D eigenvalue weighted by molar-refractivity contribution is 7.12. The van der Waals surface area contributed by atoms with Crippen molar-refractivity contribution in [1.82, 2.24) is 15.5 Å². The Morgan fingerprint density at radius 1 is 1.28 bits per heavy atom. The molecule has 0 fully saturated rings. The molecule has 1 N–H and O–H groups in total. The lowest BCUT2D eigenvalue weighted by Gasteiger charge is -2.07. The minimum Gasteiger partial charge on any atom is -0.344 e. The number of nitrogens with zero attached hydrogens (tertiary/aromatic N) is 2. The van der Waals surface area contributed by atoms with Gasteiger partial charge in [0.2, 0.25) is 0 Å². The summed E-state index contributed by atoms with van der Waals surface area (Å²) in [6.07, 6.45) is -4.65. The van der Waals surface area contributed by atoms with E-state index in [0.29, 0.717) is 10.9 Å². The van der Waals surface area contributed by atoms with Crippen LogP contribution in [0.5, 0.6) is 0 Å². The fraction of sp³-hybridized carbons (Fsp3) is 0.133. The summed E-state index contributed by atoms with van der Waals surface area (Å²) in [6, 6.07) is 5.36. The van der Waals surface area contributed by atoms with Gasteiger partial charge in [-0.3, -0.25) is 4.79 Å². The van der Waals surface area contributed by atoms with Crippen LogP contribution in [0.4, 0.5) is 17.6 Å². The number of amides is 1. The third-order valence-electron chi connectivity index (χ3n) is 3.15. The van der Waals surface area contributed by atoms with Crippen molar-refractivity contribution in [3.63, 3.8) is 0 Å². The molecule has 0 bridgehead atoms. The molecule has 0 atom stereocenters. The highest BCUT2D eigenvalue weighted by Gasteiger charge is 2.31. The lowest BCUT2D eigenvalue weighted by molar-refractivity contribution is -0.137. The summed E-state index contributed by atoms with van der Waals surface area (Å²) in [6.45, 7) is -0.0670. The molecule has 0 aliphatic rings. The summed E-state index contributed by atoms with van der Waals surface area (Å²) in [5, 5.41) is 7.87. The molecule has 5 nitrogen and oxygen atoms in total. The minimum atomic E-state index is -4.65. The van der Waals surface area contributed by atoms with E-state index in [1.807, 2.05) is 0 Å². The maximum Gasteiger partial charge on any atom is 0.416 e.